The molecule has 2 heterocycles. The number of aromatic nitrogens is 2. The minimum atomic E-state index is -1.03. The molecule has 1 saturated carbocycles. The number of carbonyl (C=O) groups is 1. The fourth-order valence-electron chi connectivity index (χ4n) is 5.05. The zero-order valence-electron chi connectivity index (χ0n) is 20.6. The number of halogens is 3. The van der Waals surface area contributed by atoms with Gasteiger partial charge in [-0.1, -0.05) is 6.92 Å². The monoisotopic (exact) mass is 497 g/mol. The molecule has 1 aliphatic rings. The van der Waals surface area contributed by atoms with E-state index in [0.717, 1.165) is 48.6 Å². The van der Waals surface area contributed by atoms with Crippen LogP contribution in [0.15, 0.2) is 42.7 Å². The van der Waals surface area contributed by atoms with Gasteiger partial charge in [0.25, 0.3) is 0 Å². The van der Waals surface area contributed by atoms with Crippen LogP contribution in [0.25, 0.3) is 11.3 Å². The van der Waals surface area contributed by atoms with Gasteiger partial charge in [-0.15, -0.1) is 0 Å². The molecule has 2 aromatic heterocycles. The Morgan fingerprint density at radius 1 is 1.08 bits per heavy atom. The van der Waals surface area contributed by atoms with Gasteiger partial charge in [-0.3, -0.25) is 9.78 Å². The first kappa shape index (κ1) is 25.8. The van der Waals surface area contributed by atoms with Crippen LogP contribution in [0.3, 0.4) is 0 Å². The third kappa shape index (κ3) is 5.75. The van der Waals surface area contributed by atoms with E-state index in [-0.39, 0.29) is 35.9 Å². The lowest BCUT2D eigenvalue weighted by atomic mass is 9.75. The second-order valence-corrected chi connectivity index (χ2v) is 9.90. The van der Waals surface area contributed by atoms with Crippen molar-refractivity contribution in [2.45, 2.75) is 64.5 Å². The van der Waals surface area contributed by atoms with Crippen molar-refractivity contribution in [1.82, 2.24) is 9.97 Å². The number of benzene rings is 1. The Hall–Kier alpha value is -3.26. The van der Waals surface area contributed by atoms with E-state index in [0.29, 0.717) is 5.92 Å². The number of carbonyl (C=O) groups excluding carboxylic acids is 1. The molecule has 4 rings (SSSR count). The molecular weight excluding hydrogens is 467 g/mol. The molecule has 1 fully saturated rings. The van der Waals surface area contributed by atoms with Crippen molar-refractivity contribution in [2.24, 2.45) is 11.7 Å². The molecule has 1 aliphatic carbocycles. The first-order valence-electron chi connectivity index (χ1n) is 12.2. The Labute approximate surface area is 208 Å². The molecule has 3 aromatic rings. The van der Waals surface area contributed by atoms with Gasteiger partial charge in [0.1, 0.15) is 34.6 Å². The summed E-state index contributed by atoms with van der Waals surface area (Å²) in [5.41, 5.74) is 6.70. The molecule has 0 radical (unpaired) electrons. The highest BCUT2D eigenvalue weighted by Gasteiger charge is 2.28. The number of nitrogens with two attached hydrogens (primary N) is 1. The van der Waals surface area contributed by atoms with Crippen molar-refractivity contribution in [3.8, 4) is 17.0 Å². The lowest BCUT2D eigenvalue weighted by molar-refractivity contribution is 0.0987. The smallest absolute Gasteiger partial charge is 0.185 e. The van der Waals surface area contributed by atoms with E-state index in [4.69, 9.17) is 10.5 Å². The highest BCUT2D eigenvalue weighted by molar-refractivity contribution is 5.96. The SMILES string of the molecule is CC(C)Oc1cc(F)c(-c2nc(C(=O)Cc3cnccc3[C@@H]3C[C@H](C)C[C@H](N)C3)ccc2F)c(F)c1. The summed E-state index contributed by atoms with van der Waals surface area (Å²) in [6, 6.07) is 6.19. The van der Waals surface area contributed by atoms with Crippen molar-refractivity contribution in [2.75, 3.05) is 0 Å². The number of ketones is 1. The highest BCUT2D eigenvalue weighted by atomic mass is 19.1. The number of pyridine rings is 2. The van der Waals surface area contributed by atoms with Crippen LogP contribution in [0, 0.1) is 23.4 Å². The zero-order chi connectivity index (χ0) is 26.0. The molecule has 0 saturated heterocycles. The molecule has 0 aliphatic heterocycles. The second-order valence-electron chi connectivity index (χ2n) is 9.90. The molecule has 8 heteroatoms. The summed E-state index contributed by atoms with van der Waals surface area (Å²) in [5, 5.41) is 0. The molecular formula is C28H30F3N3O2. The van der Waals surface area contributed by atoms with Gasteiger partial charge in [-0.25, -0.2) is 18.2 Å². The van der Waals surface area contributed by atoms with Gasteiger partial charge in [-0.2, -0.15) is 0 Å². The van der Waals surface area contributed by atoms with E-state index in [9.17, 15) is 18.0 Å². The van der Waals surface area contributed by atoms with Crippen molar-refractivity contribution < 1.29 is 22.7 Å². The molecule has 2 N–H and O–H groups in total. The molecule has 0 spiro atoms. The van der Waals surface area contributed by atoms with Crippen LogP contribution in [-0.2, 0) is 6.42 Å². The van der Waals surface area contributed by atoms with Gasteiger partial charge < -0.3 is 10.5 Å². The minimum absolute atomic E-state index is 0.0164. The molecule has 0 amide bonds. The highest BCUT2D eigenvalue weighted by Crippen LogP contribution is 2.37. The Kier molecular flexibility index (Phi) is 7.73. The van der Waals surface area contributed by atoms with Crippen molar-refractivity contribution in [3.63, 3.8) is 0 Å². The van der Waals surface area contributed by atoms with Gasteiger partial charge in [0.2, 0.25) is 0 Å². The van der Waals surface area contributed by atoms with Crippen LogP contribution in [0.2, 0.25) is 0 Å². The normalized spacial score (nSPS) is 19.9. The molecule has 3 atom stereocenters. The number of Topliss-reactive ketones (excluding diaryl/α,β-unsaturated/α-hetero) is 1. The summed E-state index contributed by atoms with van der Waals surface area (Å²) in [7, 11) is 0. The number of hydrogen-bond acceptors (Lipinski definition) is 5. The van der Waals surface area contributed by atoms with E-state index in [1.54, 1.807) is 26.2 Å². The number of rotatable bonds is 7. The van der Waals surface area contributed by atoms with E-state index in [1.165, 1.54) is 6.07 Å². The van der Waals surface area contributed by atoms with Crippen LogP contribution in [0.1, 0.15) is 67.6 Å². The van der Waals surface area contributed by atoms with Crippen LogP contribution in [-0.4, -0.2) is 27.9 Å². The van der Waals surface area contributed by atoms with Crippen LogP contribution in [0.4, 0.5) is 13.2 Å². The zero-order valence-corrected chi connectivity index (χ0v) is 20.6. The Bertz CT molecular complexity index is 1230. The molecule has 5 nitrogen and oxygen atoms in total. The summed E-state index contributed by atoms with van der Waals surface area (Å²) in [5.74, 6) is -2.73. The summed E-state index contributed by atoms with van der Waals surface area (Å²) in [6.45, 7) is 5.61. The largest absolute Gasteiger partial charge is 0.491 e. The topological polar surface area (TPSA) is 78.1 Å². The Balaban J connectivity index is 1.63. The number of ether oxygens (including phenoxy) is 1. The quantitative estimate of drug-likeness (QED) is 0.405. The first-order valence-corrected chi connectivity index (χ1v) is 12.2. The fourth-order valence-corrected chi connectivity index (χ4v) is 5.05. The summed E-state index contributed by atoms with van der Waals surface area (Å²) >= 11 is 0. The standard InChI is InChI=1S/C28H30F3N3O2/c1-15(2)36-20-12-23(30)27(24(31)13-20)28-22(29)4-5-25(34-28)26(35)11-18-14-33-7-6-21(18)17-8-16(3)9-19(32)10-17/h4-7,12-17,19H,8-11,32H2,1-3H3/t16-,17+,19-/m0/s1. The lowest BCUT2D eigenvalue weighted by Gasteiger charge is -2.32. The van der Waals surface area contributed by atoms with Gasteiger partial charge in [0, 0.05) is 37.0 Å². The molecule has 1 aromatic carbocycles. The summed E-state index contributed by atoms with van der Waals surface area (Å²) in [4.78, 5) is 21.4. The third-order valence-electron chi connectivity index (χ3n) is 6.47. The second kappa shape index (κ2) is 10.8. The predicted octanol–water partition coefficient (Wildman–Crippen LogP) is 6.00. The van der Waals surface area contributed by atoms with Crippen LogP contribution < -0.4 is 10.5 Å². The van der Waals surface area contributed by atoms with Crippen molar-refractivity contribution in [1.29, 1.82) is 0 Å². The molecule has 36 heavy (non-hydrogen) atoms. The van der Waals surface area contributed by atoms with Crippen molar-refractivity contribution >= 4 is 5.78 Å². The maximum absolute atomic E-state index is 14.8. The van der Waals surface area contributed by atoms with E-state index >= 15 is 0 Å². The molecule has 0 bridgehead atoms. The van der Waals surface area contributed by atoms with E-state index in [1.807, 2.05) is 6.07 Å². The first-order chi connectivity index (χ1) is 17.1. The van der Waals surface area contributed by atoms with Crippen LogP contribution >= 0.6 is 0 Å². The average Bonchev–Trinajstić information content (AvgIpc) is 2.79. The maximum atomic E-state index is 14.8. The van der Waals surface area contributed by atoms with Gasteiger partial charge in [0.05, 0.1) is 11.7 Å². The minimum Gasteiger partial charge on any atom is -0.491 e. The third-order valence-corrected chi connectivity index (χ3v) is 6.47. The predicted molar refractivity (Wildman–Crippen MR) is 131 cm³/mol. The maximum Gasteiger partial charge on any atom is 0.185 e. The number of nitrogens with zero attached hydrogens (tertiary/aromatic N) is 2. The van der Waals surface area contributed by atoms with Crippen LogP contribution in [0.5, 0.6) is 5.75 Å². The summed E-state index contributed by atoms with van der Waals surface area (Å²) in [6.07, 6.45) is 5.78. The van der Waals surface area contributed by atoms with Crippen molar-refractivity contribution in [3.05, 3.63) is 77.0 Å². The average molecular weight is 498 g/mol. The lowest BCUT2D eigenvalue weighted by Crippen LogP contribution is -2.31. The fraction of sp³-hybridized carbons (Fsp3) is 0.393. The number of hydrogen-bond donors (Lipinski definition) is 1. The van der Waals surface area contributed by atoms with E-state index < -0.39 is 34.5 Å². The summed E-state index contributed by atoms with van der Waals surface area (Å²) < 4.78 is 49.6. The Morgan fingerprint density at radius 3 is 2.47 bits per heavy atom. The molecule has 0 unspecified atom stereocenters. The van der Waals surface area contributed by atoms with Gasteiger partial charge >= 0.3 is 0 Å². The Morgan fingerprint density at radius 2 is 1.81 bits per heavy atom. The van der Waals surface area contributed by atoms with E-state index in [2.05, 4.69) is 16.9 Å². The molecule has 190 valence electrons. The van der Waals surface area contributed by atoms with Gasteiger partial charge in [-0.05, 0) is 74.3 Å². The van der Waals surface area contributed by atoms with Gasteiger partial charge in [0.15, 0.2) is 5.78 Å².